The molecule has 1 aliphatic rings. The number of aromatic nitrogens is 2. The van der Waals surface area contributed by atoms with Gasteiger partial charge in [0.05, 0.1) is 6.54 Å². The molecule has 0 N–H and O–H groups in total. The fraction of sp³-hybridized carbons (Fsp3) is 0.429. The fourth-order valence-corrected chi connectivity index (χ4v) is 1.47. The van der Waals surface area contributed by atoms with Crippen LogP contribution in [0.5, 0.6) is 0 Å². The Hall–Kier alpha value is -1.03. The number of hydrogen-bond acceptors (Lipinski definition) is 2. The second-order valence-corrected chi connectivity index (χ2v) is 3.03. The zero-order valence-electron chi connectivity index (χ0n) is 6.40. The summed E-state index contributed by atoms with van der Waals surface area (Å²) in [7, 11) is 0. The molecule has 0 bridgehead atoms. The zero-order valence-corrected chi connectivity index (χ0v) is 7.16. The summed E-state index contributed by atoms with van der Waals surface area (Å²) in [5.41, 5.74) is 0. The Balaban J connectivity index is 2.20. The second kappa shape index (κ2) is 2.79. The van der Waals surface area contributed by atoms with Crippen LogP contribution in [0.2, 0.25) is 0 Å². The van der Waals surface area contributed by atoms with Gasteiger partial charge in [0.2, 0.25) is 0 Å². The molecular weight excluding hydrogens is 178 g/mol. The third-order valence-electron chi connectivity index (χ3n) is 1.99. The first-order valence-corrected chi connectivity index (χ1v) is 4.09. The maximum atomic E-state index is 10.8. The van der Waals surface area contributed by atoms with Crippen LogP contribution in [-0.4, -0.2) is 26.4 Å². The molecular formula is C7H8ClN3O. The van der Waals surface area contributed by atoms with Gasteiger partial charge in [-0.1, -0.05) is 0 Å². The van der Waals surface area contributed by atoms with E-state index in [9.17, 15) is 4.79 Å². The monoisotopic (exact) mass is 185 g/mol. The Morgan fingerprint density at radius 1 is 1.58 bits per heavy atom. The molecule has 0 saturated heterocycles. The molecule has 0 spiro atoms. The molecule has 0 atom stereocenters. The van der Waals surface area contributed by atoms with Crippen LogP contribution in [0, 0.1) is 0 Å². The molecule has 1 amide bonds. The van der Waals surface area contributed by atoms with E-state index in [1.165, 1.54) is 0 Å². The first-order chi connectivity index (χ1) is 5.77. The van der Waals surface area contributed by atoms with Gasteiger partial charge in [0.1, 0.15) is 5.82 Å². The summed E-state index contributed by atoms with van der Waals surface area (Å²) in [5, 5.41) is -0.399. The number of carbonyl (C=O) groups is 1. The molecule has 2 rings (SSSR count). The predicted molar refractivity (Wildman–Crippen MR) is 43.9 cm³/mol. The maximum absolute atomic E-state index is 10.8. The van der Waals surface area contributed by atoms with E-state index in [4.69, 9.17) is 11.6 Å². The van der Waals surface area contributed by atoms with E-state index in [-0.39, 0.29) is 0 Å². The van der Waals surface area contributed by atoms with E-state index < -0.39 is 5.37 Å². The largest absolute Gasteiger partial charge is 0.332 e. The predicted octanol–water partition coefficient (Wildman–Crippen LogP) is 1.06. The molecule has 5 heteroatoms. The number of carbonyl (C=O) groups excluding carboxylic acids is 1. The van der Waals surface area contributed by atoms with Gasteiger partial charge in [-0.15, -0.1) is 0 Å². The summed E-state index contributed by atoms with van der Waals surface area (Å²) < 4.78 is 2.02. The Bertz CT molecular complexity index is 309. The van der Waals surface area contributed by atoms with Crippen LogP contribution in [0.25, 0.3) is 0 Å². The van der Waals surface area contributed by atoms with Crippen LogP contribution in [0.4, 0.5) is 4.79 Å². The van der Waals surface area contributed by atoms with Gasteiger partial charge in [-0.05, 0) is 11.6 Å². The topological polar surface area (TPSA) is 38.1 Å². The minimum Gasteiger partial charge on any atom is -0.332 e. The van der Waals surface area contributed by atoms with Crippen molar-refractivity contribution in [3.05, 3.63) is 18.2 Å². The second-order valence-electron chi connectivity index (χ2n) is 2.71. The summed E-state index contributed by atoms with van der Waals surface area (Å²) >= 11 is 5.34. The molecule has 1 aromatic heterocycles. The Labute approximate surface area is 74.7 Å². The highest BCUT2D eigenvalue weighted by molar-refractivity contribution is 6.62. The quantitative estimate of drug-likeness (QED) is 0.448. The van der Waals surface area contributed by atoms with Crippen molar-refractivity contribution < 1.29 is 4.79 Å². The molecule has 0 saturated carbocycles. The molecule has 2 heterocycles. The Kier molecular flexibility index (Phi) is 1.77. The number of halogens is 1. The summed E-state index contributed by atoms with van der Waals surface area (Å²) in [4.78, 5) is 16.5. The minimum atomic E-state index is -0.399. The van der Waals surface area contributed by atoms with Crippen molar-refractivity contribution in [2.75, 3.05) is 6.54 Å². The number of amides is 1. The Morgan fingerprint density at radius 2 is 2.42 bits per heavy atom. The lowest BCUT2D eigenvalue weighted by atomic mass is 10.4. The van der Waals surface area contributed by atoms with E-state index >= 15 is 0 Å². The van der Waals surface area contributed by atoms with Gasteiger partial charge >= 0.3 is 5.37 Å². The fourth-order valence-electron chi connectivity index (χ4n) is 1.32. The van der Waals surface area contributed by atoms with Crippen LogP contribution < -0.4 is 0 Å². The highest BCUT2D eigenvalue weighted by Crippen LogP contribution is 2.11. The number of imidazole rings is 1. The van der Waals surface area contributed by atoms with Crippen molar-refractivity contribution in [2.45, 2.75) is 13.1 Å². The Morgan fingerprint density at radius 3 is 3.17 bits per heavy atom. The van der Waals surface area contributed by atoms with Gasteiger partial charge in [0, 0.05) is 25.5 Å². The molecule has 12 heavy (non-hydrogen) atoms. The number of rotatable bonds is 0. The SMILES string of the molecule is O=C(Cl)N1CCn2ccnc2C1. The molecule has 64 valence electrons. The number of hydrogen-bond donors (Lipinski definition) is 0. The van der Waals surface area contributed by atoms with Crippen molar-refractivity contribution in [1.29, 1.82) is 0 Å². The molecule has 0 aromatic carbocycles. The molecule has 0 fully saturated rings. The van der Waals surface area contributed by atoms with Gasteiger partial charge in [-0.25, -0.2) is 4.98 Å². The van der Waals surface area contributed by atoms with Crippen LogP contribution in [0.15, 0.2) is 12.4 Å². The molecule has 0 radical (unpaired) electrons. The van der Waals surface area contributed by atoms with Crippen molar-refractivity contribution in [3.8, 4) is 0 Å². The number of fused-ring (bicyclic) bond motifs is 1. The lowest BCUT2D eigenvalue weighted by Gasteiger charge is -2.25. The average Bonchev–Trinajstić information content (AvgIpc) is 2.49. The normalized spacial score (nSPS) is 15.9. The summed E-state index contributed by atoms with van der Waals surface area (Å²) in [5.74, 6) is 0.898. The highest BCUT2D eigenvalue weighted by atomic mass is 35.5. The molecule has 0 aliphatic carbocycles. The summed E-state index contributed by atoms with van der Waals surface area (Å²) in [6.45, 7) is 1.98. The number of nitrogens with zero attached hydrogens (tertiary/aromatic N) is 3. The third-order valence-corrected chi connectivity index (χ3v) is 2.23. The maximum Gasteiger partial charge on any atom is 0.316 e. The lowest BCUT2D eigenvalue weighted by Crippen LogP contribution is -2.35. The first-order valence-electron chi connectivity index (χ1n) is 3.72. The van der Waals surface area contributed by atoms with Crippen LogP contribution in [0.1, 0.15) is 5.82 Å². The lowest BCUT2D eigenvalue weighted by molar-refractivity contribution is 0.205. The smallest absolute Gasteiger partial charge is 0.316 e. The van der Waals surface area contributed by atoms with Crippen molar-refractivity contribution in [3.63, 3.8) is 0 Å². The van der Waals surface area contributed by atoms with E-state index in [1.807, 2.05) is 10.8 Å². The van der Waals surface area contributed by atoms with Crippen molar-refractivity contribution in [2.24, 2.45) is 0 Å². The average molecular weight is 186 g/mol. The zero-order chi connectivity index (χ0) is 8.55. The summed E-state index contributed by atoms with van der Waals surface area (Å²) in [6, 6.07) is 0. The third kappa shape index (κ3) is 1.18. The van der Waals surface area contributed by atoms with Crippen molar-refractivity contribution >= 4 is 17.0 Å². The van der Waals surface area contributed by atoms with Crippen LogP contribution >= 0.6 is 11.6 Å². The molecule has 1 aliphatic heterocycles. The van der Waals surface area contributed by atoms with E-state index in [1.54, 1.807) is 11.1 Å². The van der Waals surface area contributed by atoms with Crippen LogP contribution in [0.3, 0.4) is 0 Å². The molecule has 1 aromatic rings. The van der Waals surface area contributed by atoms with Gasteiger partial charge in [0.15, 0.2) is 0 Å². The van der Waals surface area contributed by atoms with Crippen molar-refractivity contribution in [1.82, 2.24) is 14.5 Å². The minimum absolute atomic E-state index is 0.399. The molecule has 4 nitrogen and oxygen atoms in total. The van der Waals surface area contributed by atoms with Crippen LogP contribution in [-0.2, 0) is 13.1 Å². The van der Waals surface area contributed by atoms with Gasteiger partial charge in [0.25, 0.3) is 0 Å². The van der Waals surface area contributed by atoms with E-state index in [0.29, 0.717) is 13.1 Å². The summed E-state index contributed by atoms with van der Waals surface area (Å²) in [6.07, 6.45) is 3.64. The highest BCUT2D eigenvalue weighted by Gasteiger charge is 2.18. The molecule has 0 unspecified atom stereocenters. The standard InChI is InChI=1S/C7H8ClN3O/c8-7(12)11-4-3-10-2-1-9-6(10)5-11/h1-2H,3-5H2. The van der Waals surface area contributed by atoms with Gasteiger partial charge in [-0.2, -0.15) is 0 Å². The van der Waals surface area contributed by atoms with Gasteiger partial charge in [-0.3, -0.25) is 4.79 Å². The van der Waals surface area contributed by atoms with E-state index in [2.05, 4.69) is 4.98 Å². The van der Waals surface area contributed by atoms with E-state index in [0.717, 1.165) is 12.4 Å². The first kappa shape index (κ1) is 7.61. The van der Waals surface area contributed by atoms with Gasteiger partial charge < -0.3 is 9.47 Å².